The molecule has 90 valence electrons. The molecule has 0 radical (unpaired) electrons. The molecule has 1 rings (SSSR count). The molecule has 0 bridgehead atoms. The molecule has 0 fully saturated rings. The molecule has 3 N–H and O–H groups in total. The number of hydrogen-bond acceptors (Lipinski definition) is 4. The zero-order valence-electron chi connectivity index (χ0n) is 9.12. The Morgan fingerprint density at radius 3 is 2.65 bits per heavy atom. The quantitative estimate of drug-likeness (QED) is 0.514. The number of hydrazone groups is 1. The average Bonchev–Trinajstić information content (AvgIpc) is 2.29. The minimum absolute atomic E-state index is 0.0857. The molecule has 1 atom stereocenters. The highest BCUT2D eigenvalue weighted by atomic mass is 16.4. The van der Waals surface area contributed by atoms with E-state index in [1.807, 2.05) is 0 Å². The van der Waals surface area contributed by atoms with Crippen LogP contribution in [0.3, 0.4) is 0 Å². The highest BCUT2D eigenvalue weighted by Gasteiger charge is 2.08. The number of benzene rings is 1. The summed E-state index contributed by atoms with van der Waals surface area (Å²) >= 11 is 0. The largest absolute Gasteiger partial charge is 0.478 e. The predicted octanol–water partition coefficient (Wildman–Crippen LogP) is 0.216. The molecule has 0 aromatic heterocycles. The second kappa shape index (κ2) is 5.76. The summed E-state index contributed by atoms with van der Waals surface area (Å²) in [6.07, 6.45) is 0.0471. The van der Waals surface area contributed by atoms with Crippen molar-refractivity contribution in [2.75, 3.05) is 0 Å². The number of nitrogens with one attached hydrogen (secondary N) is 1. The first-order chi connectivity index (χ1) is 8.02. The molecule has 0 saturated heterocycles. The first kappa shape index (κ1) is 12.9. The third-order valence-electron chi connectivity index (χ3n) is 1.95. The maximum absolute atomic E-state index is 11.0. The Balaban J connectivity index is 2.78. The van der Waals surface area contributed by atoms with Gasteiger partial charge in [-0.15, -0.1) is 0 Å². The fraction of sp³-hybridized carbons (Fsp3) is 0.182. The van der Waals surface area contributed by atoms with Crippen LogP contribution < -0.4 is 5.43 Å². The topological polar surface area (TPSA) is 99.0 Å². The van der Waals surface area contributed by atoms with Crippen LogP contribution >= 0.6 is 0 Å². The lowest BCUT2D eigenvalue weighted by atomic mass is 10.1. The molecular formula is C11H12N2O4. The van der Waals surface area contributed by atoms with Crippen LogP contribution in [0.5, 0.6) is 0 Å². The van der Waals surface area contributed by atoms with Gasteiger partial charge in [0.1, 0.15) is 6.10 Å². The zero-order chi connectivity index (χ0) is 12.8. The molecule has 1 aromatic rings. The SMILES string of the molecule is C[C@H](O)C(=O)N/N=C\c1ccccc1C(=O)O. The van der Waals surface area contributed by atoms with Gasteiger partial charge in [0.05, 0.1) is 11.8 Å². The van der Waals surface area contributed by atoms with Gasteiger partial charge in [0.2, 0.25) is 0 Å². The van der Waals surface area contributed by atoms with Crippen molar-refractivity contribution >= 4 is 18.1 Å². The van der Waals surface area contributed by atoms with E-state index < -0.39 is 18.0 Å². The average molecular weight is 236 g/mol. The predicted molar refractivity (Wildman–Crippen MR) is 60.8 cm³/mol. The van der Waals surface area contributed by atoms with Crippen LogP contribution in [0.15, 0.2) is 29.4 Å². The number of aliphatic hydroxyl groups is 1. The van der Waals surface area contributed by atoms with Crippen LogP contribution in [0.25, 0.3) is 0 Å². The molecule has 0 aliphatic rings. The van der Waals surface area contributed by atoms with Crippen LogP contribution in [0.1, 0.15) is 22.8 Å². The van der Waals surface area contributed by atoms with Gasteiger partial charge >= 0.3 is 5.97 Å². The first-order valence-corrected chi connectivity index (χ1v) is 4.85. The summed E-state index contributed by atoms with van der Waals surface area (Å²) in [6, 6.07) is 6.24. The molecule has 1 amide bonds. The van der Waals surface area contributed by atoms with Crippen molar-refractivity contribution in [2.24, 2.45) is 5.10 Å². The molecule has 0 aliphatic carbocycles. The van der Waals surface area contributed by atoms with Gasteiger partial charge in [-0.25, -0.2) is 10.2 Å². The van der Waals surface area contributed by atoms with Gasteiger partial charge in [0.15, 0.2) is 0 Å². The van der Waals surface area contributed by atoms with E-state index in [0.717, 1.165) is 0 Å². The lowest BCUT2D eigenvalue weighted by molar-refractivity contribution is -0.128. The monoisotopic (exact) mass is 236 g/mol. The fourth-order valence-electron chi connectivity index (χ4n) is 1.06. The van der Waals surface area contributed by atoms with E-state index in [-0.39, 0.29) is 5.56 Å². The molecule has 6 heteroatoms. The Hall–Kier alpha value is -2.21. The number of hydrogen-bond donors (Lipinski definition) is 3. The van der Waals surface area contributed by atoms with Gasteiger partial charge in [-0.05, 0) is 13.0 Å². The van der Waals surface area contributed by atoms with Crippen LogP contribution in [-0.4, -0.2) is 34.4 Å². The Bertz CT molecular complexity index is 455. The molecule has 0 heterocycles. The molecule has 1 aromatic carbocycles. The van der Waals surface area contributed by atoms with E-state index >= 15 is 0 Å². The van der Waals surface area contributed by atoms with Crippen molar-refractivity contribution in [3.05, 3.63) is 35.4 Å². The van der Waals surface area contributed by atoms with Gasteiger partial charge in [0.25, 0.3) is 5.91 Å². The molecule has 6 nitrogen and oxygen atoms in total. The first-order valence-electron chi connectivity index (χ1n) is 4.85. The highest BCUT2D eigenvalue weighted by Crippen LogP contribution is 2.05. The summed E-state index contributed by atoms with van der Waals surface area (Å²) in [6.45, 7) is 1.30. The van der Waals surface area contributed by atoms with E-state index in [2.05, 4.69) is 10.5 Å². The summed E-state index contributed by atoms with van der Waals surface area (Å²) < 4.78 is 0. The lowest BCUT2D eigenvalue weighted by Gasteiger charge is -2.02. The van der Waals surface area contributed by atoms with Crippen LogP contribution in [0, 0.1) is 0 Å². The third-order valence-corrected chi connectivity index (χ3v) is 1.95. The number of carbonyl (C=O) groups excluding carboxylic acids is 1. The van der Waals surface area contributed by atoms with Crippen molar-refractivity contribution in [2.45, 2.75) is 13.0 Å². The molecule has 17 heavy (non-hydrogen) atoms. The molecular weight excluding hydrogens is 224 g/mol. The minimum Gasteiger partial charge on any atom is -0.478 e. The number of carboxylic acids is 1. The van der Waals surface area contributed by atoms with Gasteiger partial charge < -0.3 is 10.2 Å². The summed E-state index contributed by atoms with van der Waals surface area (Å²) in [5, 5.41) is 21.3. The summed E-state index contributed by atoms with van der Waals surface area (Å²) in [7, 11) is 0. The van der Waals surface area contributed by atoms with Crippen molar-refractivity contribution in [1.82, 2.24) is 5.43 Å². The maximum Gasteiger partial charge on any atom is 0.336 e. The number of carboxylic acid groups (broad SMARTS) is 1. The van der Waals surface area contributed by atoms with Crippen molar-refractivity contribution < 1.29 is 19.8 Å². The van der Waals surface area contributed by atoms with E-state index in [9.17, 15) is 9.59 Å². The number of nitrogens with zero attached hydrogens (tertiary/aromatic N) is 1. The zero-order valence-corrected chi connectivity index (χ0v) is 9.12. The molecule has 0 unspecified atom stereocenters. The summed E-state index contributed by atoms with van der Waals surface area (Å²) in [4.78, 5) is 21.8. The van der Waals surface area contributed by atoms with Crippen LogP contribution in [0.2, 0.25) is 0 Å². The van der Waals surface area contributed by atoms with Gasteiger partial charge in [-0.2, -0.15) is 5.10 Å². The van der Waals surface area contributed by atoms with Gasteiger partial charge in [0, 0.05) is 5.56 Å². The molecule has 0 spiro atoms. The van der Waals surface area contributed by atoms with Crippen LogP contribution in [0.4, 0.5) is 0 Å². The van der Waals surface area contributed by atoms with E-state index in [1.165, 1.54) is 19.2 Å². The van der Waals surface area contributed by atoms with Gasteiger partial charge in [-0.1, -0.05) is 18.2 Å². The van der Waals surface area contributed by atoms with E-state index in [0.29, 0.717) is 5.56 Å². The van der Waals surface area contributed by atoms with E-state index in [1.54, 1.807) is 18.2 Å². The second-order valence-corrected chi connectivity index (χ2v) is 3.30. The maximum atomic E-state index is 11.0. The second-order valence-electron chi connectivity index (χ2n) is 3.30. The molecule has 0 aliphatic heterocycles. The number of rotatable bonds is 4. The fourth-order valence-corrected chi connectivity index (χ4v) is 1.06. The standard InChI is InChI=1S/C11H12N2O4/c1-7(14)10(15)13-12-6-8-4-2-3-5-9(8)11(16)17/h2-7,14H,1H3,(H,13,15)(H,16,17)/b12-6-/t7-/m0/s1. The smallest absolute Gasteiger partial charge is 0.336 e. The van der Waals surface area contributed by atoms with Crippen molar-refractivity contribution in [1.29, 1.82) is 0 Å². The normalized spacial score (nSPS) is 12.4. The van der Waals surface area contributed by atoms with Crippen LogP contribution in [-0.2, 0) is 4.79 Å². The number of carbonyl (C=O) groups is 2. The number of aliphatic hydroxyl groups excluding tert-OH is 1. The van der Waals surface area contributed by atoms with Crippen molar-refractivity contribution in [3.8, 4) is 0 Å². The number of aromatic carboxylic acids is 1. The van der Waals surface area contributed by atoms with Gasteiger partial charge in [-0.3, -0.25) is 4.79 Å². The highest BCUT2D eigenvalue weighted by molar-refractivity contribution is 5.98. The minimum atomic E-state index is -1.16. The summed E-state index contributed by atoms with van der Waals surface area (Å²) in [5.41, 5.74) is 2.54. The summed E-state index contributed by atoms with van der Waals surface area (Å²) in [5.74, 6) is -1.73. The van der Waals surface area contributed by atoms with Crippen molar-refractivity contribution in [3.63, 3.8) is 0 Å². The van der Waals surface area contributed by atoms with E-state index in [4.69, 9.17) is 10.2 Å². The lowest BCUT2D eigenvalue weighted by Crippen LogP contribution is -2.28. The Morgan fingerprint density at radius 1 is 1.41 bits per heavy atom. The third kappa shape index (κ3) is 3.69. The molecule has 0 saturated carbocycles. The Labute approximate surface area is 97.6 Å². The number of amides is 1. The Kier molecular flexibility index (Phi) is 4.36. The Morgan fingerprint density at radius 2 is 2.06 bits per heavy atom.